The molecule has 0 aliphatic carbocycles. The first-order chi connectivity index (χ1) is 11.6. The van der Waals surface area contributed by atoms with Gasteiger partial charge in [0.25, 0.3) is 5.56 Å². The van der Waals surface area contributed by atoms with E-state index in [1.54, 1.807) is 0 Å². The van der Waals surface area contributed by atoms with Crippen molar-refractivity contribution >= 4 is 27.5 Å². The molecule has 3 aromatic rings. The molecule has 0 saturated heterocycles. The second-order valence-electron chi connectivity index (χ2n) is 5.44. The van der Waals surface area contributed by atoms with Crippen molar-refractivity contribution in [3.8, 4) is 11.3 Å². The number of aromatic nitrogens is 3. The molecule has 0 atom stereocenters. The smallest absolute Gasteiger partial charge is 0.294 e. The molecular formula is C17H18N4O2S. The van der Waals surface area contributed by atoms with Crippen LogP contribution in [0.15, 0.2) is 35.1 Å². The maximum absolute atomic E-state index is 12.6. The number of rotatable bonds is 5. The summed E-state index contributed by atoms with van der Waals surface area (Å²) in [5.74, 6) is -0.225. The number of amides is 1. The van der Waals surface area contributed by atoms with Crippen molar-refractivity contribution in [2.75, 3.05) is 6.54 Å². The van der Waals surface area contributed by atoms with Crippen LogP contribution in [-0.4, -0.2) is 27.2 Å². The zero-order valence-electron chi connectivity index (χ0n) is 13.6. The first-order valence-electron chi connectivity index (χ1n) is 7.80. The Kier molecular flexibility index (Phi) is 4.71. The number of thiazole rings is 1. The number of fused-ring (bicyclic) bond motifs is 1. The number of carbonyl (C=O) groups is 1. The molecule has 3 rings (SSSR count). The molecule has 124 valence electrons. The summed E-state index contributed by atoms with van der Waals surface area (Å²) in [6.07, 6.45) is 0.841. The number of nitrogens with one attached hydrogen (secondary N) is 1. The molecule has 1 N–H and O–H groups in total. The highest BCUT2D eigenvalue weighted by Gasteiger charge is 2.17. The van der Waals surface area contributed by atoms with Gasteiger partial charge in [0, 0.05) is 12.1 Å². The van der Waals surface area contributed by atoms with E-state index in [4.69, 9.17) is 0 Å². The molecular weight excluding hydrogens is 324 g/mol. The molecule has 0 radical (unpaired) electrons. The van der Waals surface area contributed by atoms with Gasteiger partial charge in [-0.3, -0.25) is 9.59 Å². The van der Waals surface area contributed by atoms with Crippen LogP contribution in [-0.2, 0) is 11.3 Å². The molecule has 0 unspecified atom stereocenters. The normalized spacial score (nSPS) is 10.9. The van der Waals surface area contributed by atoms with Gasteiger partial charge in [-0.1, -0.05) is 37.3 Å². The lowest BCUT2D eigenvalue weighted by molar-refractivity contribution is -0.121. The SMILES string of the molecule is CCCNC(=O)Cn1nc(-c2ccccc2)c2sc(C)nc2c1=O. The Bertz CT molecular complexity index is 931. The predicted octanol–water partition coefficient (Wildman–Crippen LogP) is 2.35. The lowest BCUT2D eigenvalue weighted by Gasteiger charge is -2.09. The predicted molar refractivity (Wildman–Crippen MR) is 95.1 cm³/mol. The Morgan fingerprint density at radius 3 is 2.75 bits per heavy atom. The van der Waals surface area contributed by atoms with Crippen molar-refractivity contribution in [3.63, 3.8) is 0 Å². The van der Waals surface area contributed by atoms with E-state index < -0.39 is 0 Å². The van der Waals surface area contributed by atoms with Gasteiger partial charge in [0.1, 0.15) is 12.2 Å². The molecule has 0 aliphatic rings. The first kappa shape index (κ1) is 16.3. The Morgan fingerprint density at radius 1 is 1.29 bits per heavy atom. The maximum atomic E-state index is 12.6. The zero-order chi connectivity index (χ0) is 17.1. The summed E-state index contributed by atoms with van der Waals surface area (Å²) in [6, 6.07) is 9.62. The highest BCUT2D eigenvalue weighted by atomic mass is 32.1. The topological polar surface area (TPSA) is 76.9 Å². The largest absolute Gasteiger partial charge is 0.355 e. The summed E-state index contributed by atoms with van der Waals surface area (Å²) in [7, 11) is 0. The Hall–Kier alpha value is -2.54. The third-order valence-electron chi connectivity index (χ3n) is 3.52. The van der Waals surface area contributed by atoms with E-state index in [0.717, 1.165) is 21.7 Å². The quantitative estimate of drug-likeness (QED) is 0.772. The van der Waals surface area contributed by atoms with Gasteiger partial charge in [0.05, 0.1) is 9.71 Å². The Labute approximate surface area is 143 Å². The van der Waals surface area contributed by atoms with Crippen molar-refractivity contribution in [3.05, 3.63) is 45.7 Å². The van der Waals surface area contributed by atoms with Crippen LogP contribution in [0, 0.1) is 6.92 Å². The molecule has 7 heteroatoms. The van der Waals surface area contributed by atoms with Gasteiger partial charge < -0.3 is 5.32 Å². The summed E-state index contributed by atoms with van der Waals surface area (Å²) in [5, 5.41) is 8.01. The summed E-state index contributed by atoms with van der Waals surface area (Å²) in [4.78, 5) is 28.9. The molecule has 0 bridgehead atoms. The minimum Gasteiger partial charge on any atom is -0.355 e. The molecule has 0 saturated carbocycles. The van der Waals surface area contributed by atoms with Crippen molar-refractivity contribution in [2.24, 2.45) is 0 Å². The summed E-state index contributed by atoms with van der Waals surface area (Å²) in [5.41, 5.74) is 1.61. The average molecular weight is 342 g/mol. The molecule has 2 aromatic heterocycles. The molecule has 1 amide bonds. The van der Waals surface area contributed by atoms with Gasteiger partial charge in [-0.05, 0) is 13.3 Å². The van der Waals surface area contributed by atoms with Gasteiger partial charge in [-0.25, -0.2) is 9.67 Å². The average Bonchev–Trinajstić information content (AvgIpc) is 2.98. The molecule has 1 aromatic carbocycles. The van der Waals surface area contributed by atoms with Gasteiger partial charge in [-0.2, -0.15) is 5.10 Å². The second kappa shape index (κ2) is 6.92. The second-order valence-corrected chi connectivity index (χ2v) is 6.64. The highest BCUT2D eigenvalue weighted by Crippen LogP contribution is 2.29. The van der Waals surface area contributed by atoms with E-state index in [-0.39, 0.29) is 18.0 Å². The molecule has 2 heterocycles. The Balaban J connectivity index is 2.12. The fraction of sp³-hybridized carbons (Fsp3) is 0.294. The van der Waals surface area contributed by atoms with Crippen LogP contribution in [0.25, 0.3) is 21.5 Å². The lowest BCUT2D eigenvalue weighted by Crippen LogP contribution is -2.34. The molecule has 6 nitrogen and oxygen atoms in total. The van der Waals surface area contributed by atoms with Crippen LogP contribution in [0.2, 0.25) is 0 Å². The van der Waals surface area contributed by atoms with Crippen LogP contribution >= 0.6 is 11.3 Å². The zero-order valence-corrected chi connectivity index (χ0v) is 14.4. The number of benzene rings is 1. The van der Waals surface area contributed by atoms with Gasteiger partial charge >= 0.3 is 0 Å². The van der Waals surface area contributed by atoms with E-state index in [2.05, 4.69) is 15.4 Å². The fourth-order valence-corrected chi connectivity index (χ4v) is 3.33. The summed E-state index contributed by atoms with van der Waals surface area (Å²) >= 11 is 1.44. The number of hydrogen-bond acceptors (Lipinski definition) is 5. The van der Waals surface area contributed by atoms with Crippen LogP contribution in [0.4, 0.5) is 0 Å². The standard InChI is InChI=1S/C17H18N4O2S/c1-3-9-18-13(22)10-21-17(23)15-16(24-11(2)19-15)14(20-21)12-7-5-4-6-8-12/h4-8H,3,9-10H2,1-2H3,(H,18,22). The van der Waals surface area contributed by atoms with E-state index in [1.165, 1.54) is 16.0 Å². The van der Waals surface area contributed by atoms with E-state index in [0.29, 0.717) is 17.8 Å². The van der Waals surface area contributed by atoms with E-state index >= 15 is 0 Å². The summed E-state index contributed by atoms with van der Waals surface area (Å²) in [6.45, 7) is 4.31. The number of hydrogen-bond donors (Lipinski definition) is 1. The number of aryl methyl sites for hydroxylation is 1. The third kappa shape index (κ3) is 3.21. The lowest BCUT2D eigenvalue weighted by atomic mass is 10.1. The maximum Gasteiger partial charge on any atom is 0.294 e. The van der Waals surface area contributed by atoms with Gasteiger partial charge in [-0.15, -0.1) is 11.3 Å². The molecule has 0 spiro atoms. The van der Waals surface area contributed by atoms with Crippen molar-refractivity contribution < 1.29 is 4.79 Å². The van der Waals surface area contributed by atoms with Crippen molar-refractivity contribution in [2.45, 2.75) is 26.8 Å². The Morgan fingerprint density at radius 2 is 2.04 bits per heavy atom. The first-order valence-corrected chi connectivity index (χ1v) is 8.62. The van der Waals surface area contributed by atoms with Crippen molar-refractivity contribution in [1.82, 2.24) is 20.1 Å². The van der Waals surface area contributed by atoms with Crippen LogP contribution in [0.3, 0.4) is 0 Å². The third-order valence-corrected chi connectivity index (χ3v) is 4.50. The van der Waals surface area contributed by atoms with Crippen LogP contribution < -0.4 is 10.9 Å². The van der Waals surface area contributed by atoms with E-state index in [1.807, 2.05) is 44.2 Å². The minimum atomic E-state index is -0.333. The summed E-state index contributed by atoms with van der Waals surface area (Å²) < 4.78 is 1.96. The fourth-order valence-electron chi connectivity index (χ4n) is 2.41. The van der Waals surface area contributed by atoms with Crippen molar-refractivity contribution in [1.29, 1.82) is 0 Å². The number of carbonyl (C=O) groups excluding carboxylic acids is 1. The van der Waals surface area contributed by atoms with Gasteiger partial charge in [0.2, 0.25) is 5.91 Å². The molecule has 0 fully saturated rings. The monoisotopic (exact) mass is 342 g/mol. The van der Waals surface area contributed by atoms with Gasteiger partial charge in [0.15, 0.2) is 5.52 Å². The molecule has 24 heavy (non-hydrogen) atoms. The highest BCUT2D eigenvalue weighted by molar-refractivity contribution is 7.19. The van der Waals surface area contributed by atoms with Crippen LogP contribution in [0.1, 0.15) is 18.4 Å². The number of nitrogens with zero attached hydrogens (tertiary/aromatic N) is 3. The minimum absolute atomic E-state index is 0.106. The van der Waals surface area contributed by atoms with Crippen LogP contribution in [0.5, 0.6) is 0 Å². The van der Waals surface area contributed by atoms with E-state index in [9.17, 15) is 9.59 Å². The molecule has 0 aliphatic heterocycles.